The molecule has 0 fully saturated rings. The van der Waals surface area contributed by atoms with Gasteiger partial charge in [0.1, 0.15) is 17.7 Å². The summed E-state index contributed by atoms with van der Waals surface area (Å²) in [6.07, 6.45) is 4.30. The Morgan fingerprint density at radius 3 is 2.78 bits per heavy atom. The van der Waals surface area contributed by atoms with E-state index in [1.807, 2.05) is 24.3 Å². The molecule has 5 heteroatoms. The van der Waals surface area contributed by atoms with Crippen molar-refractivity contribution in [1.82, 2.24) is 10.3 Å². The fourth-order valence-corrected chi connectivity index (χ4v) is 3.33. The van der Waals surface area contributed by atoms with Gasteiger partial charge in [-0.05, 0) is 41.0 Å². The molecule has 1 aromatic heterocycles. The standard InChI is InChI=1S/C22H19FN2O2/c23-18-5-1-3-15(11-18)12-21(26)25-14-19-13-17-4-2-6-20(22(17)27-19)16-7-9-24-10-8-16/h1-11,19H,12-14H2,(H,25,26). The molecule has 0 aliphatic carbocycles. The second-order valence-electron chi connectivity index (χ2n) is 6.58. The van der Waals surface area contributed by atoms with Crippen molar-refractivity contribution in [1.29, 1.82) is 0 Å². The quantitative estimate of drug-likeness (QED) is 0.755. The van der Waals surface area contributed by atoms with Gasteiger partial charge in [0.2, 0.25) is 5.91 Å². The van der Waals surface area contributed by atoms with Crippen LogP contribution in [0.3, 0.4) is 0 Å². The summed E-state index contributed by atoms with van der Waals surface area (Å²) in [5.74, 6) is 0.390. The van der Waals surface area contributed by atoms with E-state index in [-0.39, 0.29) is 24.2 Å². The topological polar surface area (TPSA) is 51.2 Å². The number of halogens is 1. The van der Waals surface area contributed by atoms with Crippen LogP contribution in [0, 0.1) is 5.82 Å². The summed E-state index contributed by atoms with van der Waals surface area (Å²) in [6, 6.07) is 16.1. The highest BCUT2D eigenvalue weighted by atomic mass is 19.1. The summed E-state index contributed by atoms with van der Waals surface area (Å²) in [5.41, 5.74) is 3.87. The maximum atomic E-state index is 13.2. The summed E-state index contributed by atoms with van der Waals surface area (Å²) in [7, 11) is 0. The Hall–Kier alpha value is -3.21. The van der Waals surface area contributed by atoms with E-state index in [0.717, 1.165) is 28.9 Å². The van der Waals surface area contributed by atoms with E-state index in [1.54, 1.807) is 24.5 Å². The van der Waals surface area contributed by atoms with Crippen LogP contribution < -0.4 is 10.1 Å². The van der Waals surface area contributed by atoms with Gasteiger partial charge in [0.15, 0.2) is 0 Å². The number of carbonyl (C=O) groups is 1. The maximum absolute atomic E-state index is 13.2. The van der Waals surface area contributed by atoms with Crippen molar-refractivity contribution in [2.45, 2.75) is 18.9 Å². The molecule has 0 saturated heterocycles. The number of benzene rings is 2. The normalized spacial score (nSPS) is 15.1. The Kier molecular flexibility index (Phi) is 4.83. The van der Waals surface area contributed by atoms with Crippen molar-refractivity contribution in [3.8, 4) is 16.9 Å². The Morgan fingerprint density at radius 2 is 1.96 bits per heavy atom. The lowest BCUT2D eigenvalue weighted by Gasteiger charge is -2.13. The zero-order valence-electron chi connectivity index (χ0n) is 14.7. The monoisotopic (exact) mass is 362 g/mol. The molecule has 1 aliphatic rings. The molecule has 0 saturated carbocycles. The highest BCUT2D eigenvalue weighted by Crippen LogP contribution is 2.38. The van der Waals surface area contributed by atoms with Gasteiger partial charge in [0, 0.05) is 24.4 Å². The minimum atomic E-state index is -0.335. The van der Waals surface area contributed by atoms with Crippen LogP contribution in [-0.2, 0) is 17.6 Å². The Morgan fingerprint density at radius 1 is 1.15 bits per heavy atom. The molecule has 1 amide bonds. The second kappa shape index (κ2) is 7.58. The van der Waals surface area contributed by atoms with E-state index in [4.69, 9.17) is 4.74 Å². The average Bonchev–Trinajstić information content (AvgIpc) is 3.10. The van der Waals surface area contributed by atoms with Crippen LogP contribution in [0.5, 0.6) is 5.75 Å². The number of ether oxygens (including phenoxy) is 1. The SMILES string of the molecule is O=C(Cc1cccc(F)c1)NCC1Cc2cccc(-c3ccncc3)c2O1. The summed E-state index contributed by atoms with van der Waals surface area (Å²) < 4.78 is 19.3. The fourth-order valence-electron chi connectivity index (χ4n) is 3.33. The van der Waals surface area contributed by atoms with Crippen LogP contribution in [0.15, 0.2) is 67.0 Å². The molecule has 1 N–H and O–H groups in total. The number of para-hydroxylation sites is 1. The van der Waals surface area contributed by atoms with E-state index in [2.05, 4.69) is 16.4 Å². The molecule has 27 heavy (non-hydrogen) atoms. The van der Waals surface area contributed by atoms with E-state index < -0.39 is 0 Å². The predicted molar refractivity (Wildman–Crippen MR) is 101 cm³/mol. The van der Waals surface area contributed by atoms with Crippen LogP contribution >= 0.6 is 0 Å². The zero-order chi connectivity index (χ0) is 18.6. The number of carbonyl (C=O) groups excluding carboxylic acids is 1. The van der Waals surface area contributed by atoms with Crippen LogP contribution in [0.1, 0.15) is 11.1 Å². The van der Waals surface area contributed by atoms with Crippen molar-refractivity contribution in [2.24, 2.45) is 0 Å². The first-order valence-electron chi connectivity index (χ1n) is 8.89. The van der Waals surface area contributed by atoms with Crippen molar-refractivity contribution in [3.63, 3.8) is 0 Å². The molecule has 1 atom stereocenters. The molecule has 3 aromatic rings. The lowest BCUT2D eigenvalue weighted by Crippen LogP contribution is -2.35. The van der Waals surface area contributed by atoms with Crippen molar-refractivity contribution < 1.29 is 13.9 Å². The molecule has 0 spiro atoms. The number of fused-ring (bicyclic) bond motifs is 1. The number of hydrogen-bond acceptors (Lipinski definition) is 3. The number of rotatable bonds is 5. The molecular weight excluding hydrogens is 343 g/mol. The number of nitrogens with one attached hydrogen (secondary N) is 1. The van der Waals surface area contributed by atoms with E-state index in [9.17, 15) is 9.18 Å². The average molecular weight is 362 g/mol. The first-order valence-corrected chi connectivity index (χ1v) is 8.89. The van der Waals surface area contributed by atoms with E-state index >= 15 is 0 Å². The van der Waals surface area contributed by atoms with Crippen molar-refractivity contribution in [2.75, 3.05) is 6.54 Å². The number of amides is 1. The number of pyridine rings is 1. The summed E-state index contributed by atoms with van der Waals surface area (Å²) >= 11 is 0. The van der Waals surface area contributed by atoms with Crippen LogP contribution in [0.2, 0.25) is 0 Å². The summed E-state index contributed by atoms with van der Waals surface area (Å²) in [5, 5.41) is 2.89. The fraction of sp³-hybridized carbons (Fsp3) is 0.182. The smallest absolute Gasteiger partial charge is 0.224 e. The molecule has 1 aliphatic heterocycles. The number of hydrogen-bond donors (Lipinski definition) is 1. The predicted octanol–water partition coefficient (Wildman–Crippen LogP) is 3.55. The van der Waals surface area contributed by atoms with Crippen LogP contribution in [0.25, 0.3) is 11.1 Å². The van der Waals surface area contributed by atoms with Crippen molar-refractivity contribution >= 4 is 5.91 Å². The van der Waals surface area contributed by atoms with Crippen LogP contribution in [-0.4, -0.2) is 23.5 Å². The number of nitrogens with zero attached hydrogens (tertiary/aromatic N) is 1. The largest absolute Gasteiger partial charge is 0.487 e. The Labute approximate surface area is 157 Å². The molecule has 4 nitrogen and oxygen atoms in total. The highest BCUT2D eigenvalue weighted by Gasteiger charge is 2.26. The van der Waals surface area contributed by atoms with Gasteiger partial charge in [-0.25, -0.2) is 4.39 Å². The third kappa shape index (κ3) is 3.97. The van der Waals surface area contributed by atoms with E-state index in [0.29, 0.717) is 12.1 Å². The van der Waals surface area contributed by atoms with Crippen LogP contribution in [0.4, 0.5) is 4.39 Å². The highest BCUT2D eigenvalue weighted by molar-refractivity contribution is 5.78. The molecule has 4 rings (SSSR count). The lowest BCUT2D eigenvalue weighted by atomic mass is 10.0. The first kappa shape index (κ1) is 17.2. The number of aromatic nitrogens is 1. The minimum absolute atomic E-state index is 0.112. The van der Waals surface area contributed by atoms with Crippen molar-refractivity contribution in [3.05, 3.63) is 83.9 Å². The van der Waals surface area contributed by atoms with Gasteiger partial charge in [-0.15, -0.1) is 0 Å². The molecule has 2 aromatic carbocycles. The third-order valence-corrected chi connectivity index (χ3v) is 4.60. The maximum Gasteiger partial charge on any atom is 0.224 e. The molecule has 1 unspecified atom stereocenters. The lowest BCUT2D eigenvalue weighted by molar-refractivity contribution is -0.120. The summed E-state index contributed by atoms with van der Waals surface area (Å²) in [6.45, 7) is 0.415. The first-order chi connectivity index (χ1) is 13.2. The minimum Gasteiger partial charge on any atom is -0.487 e. The second-order valence-corrected chi connectivity index (χ2v) is 6.58. The van der Waals surface area contributed by atoms with Gasteiger partial charge in [-0.2, -0.15) is 0 Å². The molecule has 0 radical (unpaired) electrons. The molecule has 136 valence electrons. The van der Waals surface area contributed by atoms with Gasteiger partial charge in [0.05, 0.1) is 13.0 Å². The third-order valence-electron chi connectivity index (χ3n) is 4.60. The van der Waals surface area contributed by atoms with Gasteiger partial charge < -0.3 is 10.1 Å². The van der Waals surface area contributed by atoms with Gasteiger partial charge >= 0.3 is 0 Å². The Balaban J connectivity index is 1.38. The molecule has 2 heterocycles. The zero-order valence-corrected chi connectivity index (χ0v) is 14.7. The van der Waals surface area contributed by atoms with E-state index in [1.165, 1.54) is 12.1 Å². The van der Waals surface area contributed by atoms with Gasteiger partial charge in [-0.1, -0.05) is 30.3 Å². The van der Waals surface area contributed by atoms with Gasteiger partial charge in [0.25, 0.3) is 0 Å². The molecular formula is C22H19FN2O2. The molecule has 0 bridgehead atoms. The Bertz CT molecular complexity index is 960. The van der Waals surface area contributed by atoms with Gasteiger partial charge in [-0.3, -0.25) is 9.78 Å². The summed E-state index contributed by atoms with van der Waals surface area (Å²) in [4.78, 5) is 16.2.